The van der Waals surface area contributed by atoms with Gasteiger partial charge in [0.25, 0.3) is 0 Å². The molecule has 0 N–H and O–H groups in total. The van der Waals surface area contributed by atoms with Crippen molar-refractivity contribution in [3.8, 4) is 11.3 Å². The van der Waals surface area contributed by atoms with Crippen LogP contribution >= 0.6 is 11.3 Å². The summed E-state index contributed by atoms with van der Waals surface area (Å²) in [6.45, 7) is 5.70. The van der Waals surface area contributed by atoms with Gasteiger partial charge >= 0.3 is 0 Å². The first-order valence-electron chi connectivity index (χ1n) is 5.69. The minimum Gasteiger partial charge on any atom is -0.292 e. The van der Waals surface area contributed by atoms with Crippen molar-refractivity contribution in [2.24, 2.45) is 0 Å². The number of aromatic nitrogens is 1. The molecule has 0 aliphatic heterocycles. The quantitative estimate of drug-likeness (QED) is 0.768. The molecule has 1 heterocycles. The molecule has 0 atom stereocenters. The fourth-order valence-electron chi connectivity index (χ4n) is 1.71. The number of thiazole rings is 1. The summed E-state index contributed by atoms with van der Waals surface area (Å²) in [4.78, 5) is 16.8. The van der Waals surface area contributed by atoms with Gasteiger partial charge in [-0.1, -0.05) is 31.2 Å². The first kappa shape index (κ1) is 12.0. The molecule has 2 nitrogen and oxygen atoms in total. The molecule has 0 amide bonds. The van der Waals surface area contributed by atoms with E-state index in [2.05, 4.69) is 36.2 Å². The van der Waals surface area contributed by atoms with Crippen LogP contribution in [0.1, 0.15) is 34.1 Å². The van der Waals surface area contributed by atoms with Crippen LogP contribution in [0.4, 0.5) is 0 Å². The Hall–Kier alpha value is -1.48. The second kappa shape index (κ2) is 4.80. The summed E-state index contributed by atoms with van der Waals surface area (Å²) < 4.78 is 0. The Kier molecular flexibility index (Phi) is 3.38. The van der Waals surface area contributed by atoms with Crippen LogP contribution < -0.4 is 0 Å². The Morgan fingerprint density at radius 2 is 1.94 bits per heavy atom. The summed E-state index contributed by atoms with van der Waals surface area (Å²) in [6.07, 6.45) is 1.04. The zero-order valence-electron chi connectivity index (χ0n) is 10.3. The summed E-state index contributed by atoms with van der Waals surface area (Å²) in [5, 5.41) is 0.595. The number of aryl methyl sites for hydroxylation is 2. The molecular formula is C14H15NOS. The zero-order valence-corrected chi connectivity index (χ0v) is 11.1. The lowest BCUT2D eigenvalue weighted by molar-refractivity contribution is 0.101. The maximum atomic E-state index is 11.3. The van der Waals surface area contributed by atoms with Crippen LogP contribution in [-0.4, -0.2) is 10.8 Å². The number of carbonyl (C=O) groups is 1. The van der Waals surface area contributed by atoms with Gasteiger partial charge in [-0.25, -0.2) is 4.98 Å². The number of carbonyl (C=O) groups excluding carboxylic acids is 1. The molecule has 0 saturated heterocycles. The van der Waals surface area contributed by atoms with Gasteiger partial charge in [-0.05, 0) is 18.9 Å². The normalized spacial score (nSPS) is 10.5. The highest BCUT2D eigenvalue weighted by Gasteiger charge is 2.12. The van der Waals surface area contributed by atoms with Crippen LogP contribution in [0.2, 0.25) is 0 Å². The van der Waals surface area contributed by atoms with Crippen molar-refractivity contribution in [3.05, 3.63) is 39.7 Å². The van der Waals surface area contributed by atoms with Crippen molar-refractivity contribution in [3.63, 3.8) is 0 Å². The third-order valence-corrected chi connectivity index (χ3v) is 3.81. The van der Waals surface area contributed by atoms with Crippen molar-refractivity contribution in [2.75, 3.05) is 0 Å². The van der Waals surface area contributed by atoms with Gasteiger partial charge in [-0.2, -0.15) is 0 Å². The van der Waals surface area contributed by atoms with Gasteiger partial charge in [0.15, 0.2) is 10.8 Å². The molecule has 88 valence electrons. The van der Waals surface area contributed by atoms with Crippen molar-refractivity contribution >= 4 is 17.1 Å². The summed E-state index contributed by atoms with van der Waals surface area (Å²) >= 11 is 1.47. The Morgan fingerprint density at radius 1 is 1.29 bits per heavy atom. The Bertz CT molecular complexity index is 540. The van der Waals surface area contributed by atoms with Crippen LogP contribution in [-0.2, 0) is 6.42 Å². The topological polar surface area (TPSA) is 30.0 Å². The van der Waals surface area contributed by atoms with Gasteiger partial charge in [-0.15, -0.1) is 11.3 Å². The van der Waals surface area contributed by atoms with Crippen LogP contribution in [0.25, 0.3) is 11.3 Å². The van der Waals surface area contributed by atoms with E-state index >= 15 is 0 Å². The van der Waals surface area contributed by atoms with Crippen molar-refractivity contribution in [1.29, 1.82) is 0 Å². The lowest BCUT2D eigenvalue weighted by Crippen LogP contribution is -1.90. The molecule has 3 heteroatoms. The van der Waals surface area contributed by atoms with Crippen LogP contribution in [0.3, 0.4) is 0 Å². The van der Waals surface area contributed by atoms with Crippen LogP contribution in [0.5, 0.6) is 0 Å². The highest BCUT2D eigenvalue weighted by atomic mass is 32.1. The lowest BCUT2D eigenvalue weighted by Gasteiger charge is -2.00. The van der Waals surface area contributed by atoms with Crippen molar-refractivity contribution in [1.82, 2.24) is 4.98 Å². The number of hydrogen-bond acceptors (Lipinski definition) is 3. The molecule has 0 bridgehead atoms. The van der Waals surface area contributed by atoms with E-state index in [9.17, 15) is 4.79 Å². The molecule has 0 aliphatic carbocycles. The summed E-state index contributed by atoms with van der Waals surface area (Å²) in [7, 11) is 0. The van der Waals surface area contributed by atoms with Gasteiger partial charge < -0.3 is 0 Å². The Labute approximate surface area is 105 Å². The molecular weight excluding hydrogens is 230 g/mol. The number of benzene rings is 1. The maximum Gasteiger partial charge on any atom is 0.188 e. The van der Waals surface area contributed by atoms with E-state index in [1.165, 1.54) is 16.9 Å². The minimum atomic E-state index is 0.0366. The van der Waals surface area contributed by atoms with E-state index in [4.69, 9.17) is 0 Å². The third kappa shape index (κ3) is 2.44. The van der Waals surface area contributed by atoms with E-state index in [1.807, 2.05) is 6.92 Å². The fraction of sp³-hybridized carbons (Fsp3) is 0.286. The van der Waals surface area contributed by atoms with Gasteiger partial charge in [-0.3, -0.25) is 4.79 Å². The largest absolute Gasteiger partial charge is 0.292 e. The molecule has 1 aromatic heterocycles. The predicted molar refractivity (Wildman–Crippen MR) is 71.7 cm³/mol. The number of hydrogen-bond donors (Lipinski definition) is 0. The highest BCUT2D eigenvalue weighted by molar-refractivity contribution is 7.14. The van der Waals surface area contributed by atoms with Crippen molar-refractivity contribution < 1.29 is 4.79 Å². The van der Waals surface area contributed by atoms with E-state index in [1.54, 1.807) is 6.92 Å². The second-order valence-electron chi connectivity index (χ2n) is 4.03. The van der Waals surface area contributed by atoms with E-state index in [-0.39, 0.29) is 5.78 Å². The SMILES string of the molecule is CCc1ccc(-c2nc(C(C)=O)sc2C)cc1. The first-order chi connectivity index (χ1) is 8.11. The van der Waals surface area contributed by atoms with Crippen LogP contribution in [0.15, 0.2) is 24.3 Å². The minimum absolute atomic E-state index is 0.0366. The predicted octanol–water partition coefficient (Wildman–Crippen LogP) is 3.88. The molecule has 0 aliphatic rings. The molecule has 2 rings (SSSR count). The van der Waals surface area contributed by atoms with E-state index < -0.39 is 0 Å². The number of Topliss-reactive ketones (excluding diaryl/α,β-unsaturated/α-hetero) is 1. The number of nitrogens with zero attached hydrogens (tertiary/aromatic N) is 1. The standard InChI is InChI=1S/C14H15NOS/c1-4-11-5-7-12(8-6-11)13-10(3)17-14(15-13)9(2)16/h5-8H,4H2,1-3H3. The molecule has 0 spiro atoms. The van der Waals surface area contributed by atoms with Gasteiger partial charge in [0, 0.05) is 17.4 Å². The maximum absolute atomic E-state index is 11.3. The fourth-order valence-corrected chi connectivity index (χ4v) is 2.54. The third-order valence-electron chi connectivity index (χ3n) is 2.73. The molecule has 17 heavy (non-hydrogen) atoms. The van der Waals surface area contributed by atoms with Gasteiger partial charge in [0.05, 0.1) is 5.69 Å². The average molecular weight is 245 g/mol. The molecule has 2 aromatic rings. The van der Waals surface area contributed by atoms with Gasteiger partial charge in [0.2, 0.25) is 0 Å². The molecule has 0 unspecified atom stereocenters. The smallest absolute Gasteiger partial charge is 0.188 e. The number of rotatable bonds is 3. The summed E-state index contributed by atoms with van der Waals surface area (Å²) in [5.41, 5.74) is 3.33. The summed E-state index contributed by atoms with van der Waals surface area (Å²) in [6, 6.07) is 8.37. The monoisotopic (exact) mass is 245 g/mol. The highest BCUT2D eigenvalue weighted by Crippen LogP contribution is 2.27. The summed E-state index contributed by atoms with van der Waals surface area (Å²) in [5.74, 6) is 0.0366. The average Bonchev–Trinajstić information content (AvgIpc) is 2.72. The molecule has 0 radical (unpaired) electrons. The van der Waals surface area contributed by atoms with E-state index in [0.29, 0.717) is 5.01 Å². The second-order valence-corrected chi connectivity index (χ2v) is 5.23. The Balaban J connectivity index is 2.41. The number of ketones is 1. The Morgan fingerprint density at radius 3 is 2.41 bits per heavy atom. The van der Waals surface area contributed by atoms with E-state index in [0.717, 1.165) is 22.6 Å². The molecule has 0 saturated carbocycles. The first-order valence-corrected chi connectivity index (χ1v) is 6.51. The van der Waals surface area contributed by atoms with Gasteiger partial charge in [0.1, 0.15) is 0 Å². The zero-order chi connectivity index (χ0) is 12.4. The van der Waals surface area contributed by atoms with Crippen molar-refractivity contribution in [2.45, 2.75) is 27.2 Å². The molecule has 0 fully saturated rings. The lowest BCUT2D eigenvalue weighted by atomic mass is 10.1. The molecule has 1 aromatic carbocycles. The van der Waals surface area contributed by atoms with Crippen LogP contribution in [0, 0.1) is 6.92 Å².